The summed E-state index contributed by atoms with van der Waals surface area (Å²) >= 11 is 0. The molecule has 4 aromatic rings. The average Bonchev–Trinajstić information content (AvgIpc) is 2.81. The lowest BCUT2D eigenvalue weighted by atomic mass is 10.0. The van der Waals surface area contributed by atoms with E-state index in [2.05, 4.69) is 24.3 Å². The van der Waals surface area contributed by atoms with Crippen molar-refractivity contribution in [2.24, 2.45) is 0 Å². The lowest BCUT2D eigenvalue weighted by Gasteiger charge is -2.13. The molecule has 8 N–H and O–H groups in total. The van der Waals surface area contributed by atoms with E-state index in [9.17, 15) is 0 Å². The molecule has 0 unspecified atom stereocenters. The third-order valence-corrected chi connectivity index (χ3v) is 6.45. The first-order chi connectivity index (χ1) is 16.9. The maximum absolute atomic E-state index is 5.94. The highest BCUT2D eigenvalue weighted by atomic mass is 16.5. The number of aryl methyl sites for hydroxylation is 6. The van der Waals surface area contributed by atoms with E-state index >= 15 is 0 Å². The van der Waals surface area contributed by atoms with Crippen LogP contribution in [0.25, 0.3) is 0 Å². The minimum absolute atomic E-state index is 0.799. The fraction of sp³-hybridized carbons (Fsp3) is 0.226. The molecule has 5 heteroatoms. The average molecular weight is 483 g/mol. The SMILES string of the molecule is Cc1cc(Cc2ccc(N)c(C)c2)ccc1N.Cc1cc(Oc2cc(C)c(N)c(C)c2)cc(C)c1N. The number of anilines is 4. The van der Waals surface area contributed by atoms with Crippen LogP contribution in [0.2, 0.25) is 0 Å². The number of nitrogens with two attached hydrogens (primary N) is 4. The van der Waals surface area contributed by atoms with Crippen LogP contribution in [0, 0.1) is 41.5 Å². The summed E-state index contributed by atoms with van der Waals surface area (Å²) < 4.78 is 5.90. The van der Waals surface area contributed by atoms with Crippen molar-refractivity contribution in [2.75, 3.05) is 22.9 Å². The molecule has 0 radical (unpaired) electrons. The second-order valence-corrected chi connectivity index (χ2v) is 9.60. The van der Waals surface area contributed by atoms with Crippen LogP contribution in [0.3, 0.4) is 0 Å². The highest BCUT2D eigenvalue weighted by molar-refractivity contribution is 5.59. The maximum atomic E-state index is 5.94. The molecule has 36 heavy (non-hydrogen) atoms. The van der Waals surface area contributed by atoms with Crippen LogP contribution in [-0.4, -0.2) is 0 Å². The van der Waals surface area contributed by atoms with Gasteiger partial charge in [-0.05, 0) is 129 Å². The monoisotopic (exact) mass is 482 g/mol. The summed E-state index contributed by atoms with van der Waals surface area (Å²) in [7, 11) is 0. The fourth-order valence-electron chi connectivity index (χ4n) is 4.06. The summed E-state index contributed by atoms with van der Waals surface area (Å²) in [5, 5.41) is 0. The van der Waals surface area contributed by atoms with E-state index in [0.717, 1.165) is 74.1 Å². The van der Waals surface area contributed by atoms with Gasteiger partial charge in [0, 0.05) is 22.7 Å². The van der Waals surface area contributed by atoms with Gasteiger partial charge in [-0.25, -0.2) is 0 Å². The molecule has 5 nitrogen and oxygen atoms in total. The number of hydrogen-bond donors (Lipinski definition) is 4. The Morgan fingerprint density at radius 1 is 0.472 bits per heavy atom. The smallest absolute Gasteiger partial charge is 0.128 e. The Morgan fingerprint density at radius 3 is 1.11 bits per heavy atom. The van der Waals surface area contributed by atoms with Crippen molar-refractivity contribution >= 4 is 22.7 Å². The molecule has 0 aliphatic carbocycles. The van der Waals surface area contributed by atoms with Gasteiger partial charge in [0.2, 0.25) is 0 Å². The highest BCUT2D eigenvalue weighted by Crippen LogP contribution is 2.30. The van der Waals surface area contributed by atoms with Crippen LogP contribution >= 0.6 is 0 Å². The van der Waals surface area contributed by atoms with Gasteiger partial charge >= 0.3 is 0 Å². The molecular formula is C31H38N4O. The standard InChI is InChI=1S/C16H20N2O.C15H18N2/c1-9-5-13(6-10(2)15(9)17)19-14-7-11(3)16(18)12(4)8-14;1-10-7-12(3-5-14(10)16)9-13-4-6-15(17)11(2)8-13/h5-8H,17-18H2,1-4H3;3-8H,9,16-17H2,1-2H3. The van der Waals surface area contributed by atoms with Crippen molar-refractivity contribution in [1.82, 2.24) is 0 Å². The van der Waals surface area contributed by atoms with E-state index in [4.69, 9.17) is 27.7 Å². The zero-order chi connectivity index (χ0) is 26.6. The van der Waals surface area contributed by atoms with Crippen LogP contribution in [0.5, 0.6) is 11.5 Å². The molecule has 0 fully saturated rings. The van der Waals surface area contributed by atoms with Gasteiger partial charge in [-0.3, -0.25) is 0 Å². The lowest BCUT2D eigenvalue weighted by Crippen LogP contribution is -1.97. The largest absolute Gasteiger partial charge is 0.457 e. The molecule has 0 bridgehead atoms. The van der Waals surface area contributed by atoms with E-state index in [1.54, 1.807) is 0 Å². The third kappa shape index (κ3) is 6.51. The Hall–Kier alpha value is -4.12. The summed E-state index contributed by atoms with van der Waals surface area (Å²) in [6, 6.07) is 20.2. The Morgan fingerprint density at radius 2 is 0.806 bits per heavy atom. The van der Waals surface area contributed by atoms with Gasteiger partial charge in [0.1, 0.15) is 11.5 Å². The minimum Gasteiger partial charge on any atom is -0.457 e. The Bertz CT molecular complexity index is 1240. The molecule has 0 aliphatic heterocycles. The van der Waals surface area contributed by atoms with Gasteiger partial charge in [-0.1, -0.05) is 24.3 Å². The van der Waals surface area contributed by atoms with E-state index in [-0.39, 0.29) is 0 Å². The van der Waals surface area contributed by atoms with Crippen LogP contribution in [0.15, 0.2) is 60.7 Å². The number of rotatable bonds is 4. The molecule has 0 aromatic heterocycles. The summed E-state index contributed by atoms with van der Waals surface area (Å²) in [5.74, 6) is 1.60. The first kappa shape index (κ1) is 26.5. The topological polar surface area (TPSA) is 113 Å². The second kappa shape index (κ2) is 11.1. The summed E-state index contributed by atoms with van der Waals surface area (Å²) in [5.41, 5.74) is 35.8. The third-order valence-electron chi connectivity index (χ3n) is 6.45. The van der Waals surface area contributed by atoms with E-state index < -0.39 is 0 Å². The molecular weight excluding hydrogens is 444 g/mol. The van der Waals surface area contributed by atoms with Crippen molar-refractivity contribution in [3.05, 3.63) is 105 Å². The predicted molar refractivity (Wildman–Crippen MR) is 155 cm³/mol. The van der Waals surface area contributed by atoms with Gasteiger partial charge in [0.15, 0.2) is 0 Å². The Balaban J connectivity index is 0.000000202. The molecule has 0 heterocycles. The van der Waals surface area contributed by atoms with Crippen molar-refractivity contribution in [1.29, 1.82) is 0 Å². The number of nitrogen functional groups attached to an aromatic ring is 4. The first-order valence-electron chi connectivity index (χ1n) is 12.1. The van der Waals surface area contributed by atoms with Crippen molar-refractivity contribution in [2.45, 2.75) is 48.0 Å². The normalized spacial score (nSPS) is 10.5. The van der Waals surface area contributed by atoms with Crippen molar-refractivity contribution in [3.8, 4) is 11.5 Å². The fourth-order valence-corrected chi connectivity index (χ4v) is 4.06. The molecule has 0 atom stereocenters. The number of ether oxygens (including phenoxy) is 1. The number of hydrogen-bond acceptors (Lipinski definition) is 5. The first-order valence-corrected chi connectivity index (χ1v) is 12.1. The van der Waals surface area contributed by atoms with Crippen molar-refractivity contribution < 1.29 is 4.74 Å². The minimum atomic E-state index is 0.799. The molecule has 0 saturated heterocycles. The summed E-state index contributed by atoms with van der Waals surface area (Å²) in [6.07, 6.45) is 0.919. The maximum Gasteiger partial charge on any atom is 0.128 e. The van der Waals surface area contributed by atoms with Crippen molar-refractivity contribution in [3.63, 3.8) is 0 Å². The van der Waals surface area contributed by atoms with Gasteiger partial charge < -0.3 is 27.7 Å². The highest BCUT2D eigenvalue weighted by Gasteiger charge is 2.07. The zero-order valence-corrected chi connectivity index (χ0v) is 22.2. The molecule has 0 aliphatic rings. The quantitative estimate of drug-likeness (QED) is 0.235. The van der Waals surface area contributed by atoms with Gasteiger partial charge in [-0.2, -0.15) is 0 Å². The van der Waals surface area contributed by atoms with E-state index in [0.29, 0.717) is 0 Å². The molecule has 0 saturated carbocycles. The summed E-state index contributed by atoms with van der Waals surface area (Å²) in [4.78, 5) is 0. The Kier molecular flexibility index (Phi) is 8.15. The molecule has 4 rings (SSSR count). The second-order valence-electron chi connectivity index (χ2n) is 9.60. The predicted octanol–water partition coefficient (Wildman–Crippen LogP) is 6.94. The van der Waals surface area contributed by atoms with Crippen LogP contribution in [-0.2, 0) is 6.42 Å². The molecule has 0 spiro atoms. The zero-order valence-electron chi connectivity index (χ0n) is 22.2. The molecule has 0 amide bonds. The molecule has 4 aromatic carbocycles. The van der Waals surface area contributed by atoms with Gasteiger partial charge in [0.25, 0.3) is 0 Å². The number of benzene rings is 4. The Labute approximate surface area is 215 Å². The van der Waals surface area contributed by atoms with Gasteiger partial charge in [-0.15, -0.1) is 0 Å². The van der Waals surface area contributed by atoms with E-state index in [1.807, 2.05) is 77.9 Å². The lowest BCUT2D eigenvalue weighted by molar-refractivity contribution is 0.481. The van der Waals surface area contributed by atoms with E-state index in [1.165, 1.54) is 11.1 Å². The van der Waals surface area contributed by atoms with Gasteiger partial charge in [0.05, 0.1) is 0 Å². The summed E-state index contributed by atoms with van der Waals surface area (Å²) in [6.45, 7) is 12.0. The van der Waals surface area contributed by atoms with Crippen LogP contribution in [0.4, 0.5) is 22.7 Å². The molecule has 188 valence electrons. The van der Waals surface area contributed by atoms with Crippen LogP contribution < -0.4 is 27.7 Å². The van der Waals surface area contributed by atoms with Crippen LogP contribution in [0.1, 0.15) is 44.5 Å².